The average Bonchev–Trinajstić information content (AvgIpc) is 2.45. The van der Waals surface area contributed by atoms with Crippen LogP contribution in [0.25, 0.3) is 32.3 Å². The van der Waals surface area contributed by atoms with Gasteiger partial charge >= 0.3 is 0 Å². The molecule has 0 saturated heterocycles. The van der Waals surface area contributed by atoms with Crippen LogP contribution in [0.5, 0.6) is 0 Å². The molecule has 0 aliphatic carbocycles. The van der Waals surface area contributed by atoms with Gasteiger partial charge in [0.15, 0.2) is 23.3 Å². The van der Waals surface area contributed by atoms with E-state index < -0.39 is 28.7 Å². The van der Waals surface area contributed by atoms with Gasteiger partial charge in [-0.1, -0.05) is 30.3 Å². The molecule has 0 amide bonds. The molecule has 0 aromatic heterocycles. The summed E-state index contributed by atoms with van der Waals surface area (Å²) in [6.45, 7) is 0. The molecule has 20 heavy (non-hydrogen) atoms. The van der Waals surface area contributed by atoms with Crippen molar-refractivity contribution in [2.75, 3.05) is 0 Å². The van der Waals surface area contributed by atoms with Gasteiger partial charge in [-0.15, -0.1) is 0 Å². The van der Waals surface area contributed by atoms with E-state index in [-0.39, 0.29) is 16.2 Å². The molecule has 0 heterocycles. The molecule has 0 atom stereocenters. The van der Waals surface area contributed by atoms with Gasteiger partial charge < -0.3 is 0 Å². The molecular weight excluding hydrogens is 268 g/mol. The molecule has 0 aliphatic heterocycles. The molecule has 0 nitrogen and oxygen atoms in total. The highest BCUT2D eigenvalue weighted by Crippen LogP contribution is 2.39. The first kappa shape index (κ1) is 11.5. The highest BCUT2D eigenvalue weighted by atomic mass is 19.2. The lowest BCUT2D eigenvalue weighted by molar-refractivity contribution is 0.497. The summed E-state index contributed by atoms with van der Waals surface area (Å²) in [5.41, 5.74) is 0. The van der Waals surface area contributed by atoms with E-state index >= 15 is 0 Å². The van der Waals surface area contributed by atoms with Crippen LogP contribution < -0.4 is 0 Å². The second-order valence-corrected chi connectivity index (χ2v) is 4.65. The molecule has 4 rings (SSSR count). The van der Waals surface area contributed by atoms with Crippen molar-refractivity contribution in [2.24, 2.45) is 0 Å². The topological polar surface area (TPSA) is 0 Å². The minimum absolute atomic E-state index is 0.0532. The smallest absolute Gasteiger partial charge is 0.170 e. The summed E-state index contributed by atoms with van der Waals surface area (Å²) >= 11 is 0. The average molecular weight is 273 g/mol. The fourth-order valence-electron chi connectivity index (χ4n) is 2.75. The Labute approximate surface area is 110 Å². The monoisotopic (exact) mass is 273 g/mol. The van der Waals surface area contributed by atoms with Crippen molar-refractivity contribution in [3.63, 3.8) is 0 Å². The summed E-state index contributed by atoms with van der Waals surface area (Å²) in [6, 6.07) is 10.1. The lowest BCUT2D eigenvalue weighted by Crippen LogP contribution is -1.98. The zero-order valence-electron chi connectivity index (χ0n) is 9.90. The molecular formula is C16H5F4. The minimum atomic E-state index is -1.41. The van der Waals surface area contributed by atoms with Crippen LogP contribution in [-0.2, 0) is 0 Å². The molecule has 0 fully saturated rings. The molecule has 0 bridgehead atoms. The van der Waals surface area contributed by atoms with Crippen molar-refractivity contribution in [2.45, 2.75) is 0 Å². The maximum absolute atomic E-state index is 14.1. The van der Waals surface area contributed by atoms with E-state index in [9.17, 15) is 17.6 Å². The summed E-state index contributed by atoms with van der Waals surface area (Å²) in [7, 11) is 0. The van der Waals surface area contributed by atoms with E-state index in [0.29, 0.717) is 10.8 Å². The van der Waals surface area contributed by atoms with E-state index in [1.165, 1.54) is 12.1 Å². The molecule has 0 saturated carbocycles. The summed E-state index contributed by atoms with van der Waals surface area (Å²) < 4.78 is 55.5. The van der Waals surface area contributed by atoms with Crippen molar-refractivity contribution in [3.05, 3.63) is 59.7 Å². The predicted molar refractivity (Wildman–Crippen MR) is 68.8 cm³/mol. The van der Waals surface area contributed by atoms with E-state index in [0.717, 1.165) is 0 Å². The van der Waals surface area contributed by atoms with Crippen LogP contribution in [0.2, 0.25) is 0 Å². The molecule has 0 unspecified atom stereocenters. The zero-order chi connectivity index (χ0) is 14.0. The summed E-state index contributed by atoms with van der Waals surface area (Å²) in [5.74, 6) is -5.26. The largest absolute Gasteiger partial charge is 0.203 e. The SMILES string of the molecule is Fc1[c]c2ccc3cccc4c(F)c(F)c(c1F)c2c34. The van der Waals surface area contributed by atoms with Crippen molar-refractivity contribution >= 4 is 32.3 Å². The number of hydrogen-bond donors (Lipinski definition) is 0. The van der Waals surface area contributed by atoms with Crippen LogP contribution in [0.1, 0.15) is 0 Å². The Morgan fingerprint density at radius 2 is 1.50 bits per heavy atom. The van der Waals surface area contributed by atoms with Crippen molar-refractivity contribution in [1.82, 2.24) is 0 Å². The fraction of sp³-hybridized carbons (Fsp3) is 0. The maximum atomic E-state index is 14.1. The number of benzene rings is 4. The van der Waals surface area contributed by atoms with E-state index in [1.807, 2.05) is 0 Å². The van der Waals surface area contributed by atoms with Crippen molar-refractivity contribution in [3.8, 4) is 0 Å². The van der Waals surface area contributed by atoms with Crippen LogP contribution in [0.3, 0.4) is 0 Å². The van der Waals surface area contributed by atoms with Gasteiger partial charge in [0, 0.05) is 22.2 Å². The van der Waals surface area contributed by atoms with Gasteiger partial charge in [-0.25, -0.2) is 17.6 Å². The standard InChI is InChI=1S/C16H5F4/c17-10-6-8-5-4-7-2-1-3-9-11(7)12(8)13(15(10)19)16(20)14(9)18/h1-5H. The second kappa shape index (κ2) is 3.60. The van der Waals surface area contributed by atoms with Crippen LogP contribution in [0, 0.1) is 29.3 Å². The molecule has 4 heteroatoms. The predicted octanol–water partition coefficient (Wildman–Crippen LogP) is 4.94. The molecule has 4 aromatic rings. The molecule has 0 aliphatic rings. The Hall–Kier alpha value is -2.36. The quantitative estimate of drug-likeness (QED) is 0.314. The molecule has 1 radical (unpaired) electrons. The van der Waals surface area contributed by atoms with Gasteiger partial charge in [-0.2, -0.15) is 0 Å². The highest BCUT2D eigenvalue weighted by Gasteiger charge is 2.22. The molecule has 4 aromatic carbocycles. The van der Waals surface area contributed by atoms with Gasteiger partial charge in [-0.3, -0.25) is 0 Å². The summed E-state index contributed by atoms with van der Waals surface area (Å²) in [4.78, 5) is 0. The van der Waals surface area contributed by atoms with Gasteiger partial charge in [0.2, 0.25) is 0 Å². The van der Waals surface area contributed by atoms with Gasteiger partial charge in [0.1, 0.15) is 0 Å². The zero-order valence-corrected chi connectivity index (χ0v) is 9.90. The lowest BCUT2D eigenvalue weighted by atomic mass is 9.93. The van der Waals surface area contributed by atoms with E-state index in [4.69, 9.17) is 0 Å². The van der Waals surface area contributed by atoms with Crippen LogP contribution >= 0.6 is 0 Å². The lowest BCUT2D eigenvalue weighted by Gasteiger charge is -2.13. The fourth-order valence-corrected chi connectivity index (χ4v) is 2.75. The summed E-state index contributed by atoms with van der Waals surface area (Å²) in [5, 5.41) is 0.806. The Balaban J connectivity index is 2.51. The number of hydrogen-bond acceptors (Lipinski definition) is 0. The Bertz CT molecular complexity index is 988. The van der Waals surface area contributed by atoms with Crippen molar-refractivity contribution < 1.29 is 17.6 Å². The summed E-state index contributed by atoms with van der Waals surface area (Å²) in [6.07, 6.45) is 0. The number of halogens is 4. The molecule has 97 valence electrons. The third-order valence-corrected chi connectivity index (χ3v) is 3.60. The highest BCUT2D eigenvalue weighted by molar-refractivity contribution is 6.23. The van der Waals surface area contributed by atoms with E-state index in [2.05, 4.69) is 6.07 Å². The molecule has 0 spiro atoms. The Morgan fingerprint density at radius 3 is 2.30 bits per heavy atom. The van der Waals surface area contributed by atoms with Crippen molar-refractivity contribution in [1.29, 1.82) is 0 Å². The Kier molecular flexibility index (Phi) is 2.06. The Morgan fingerprint density at radius 1 is 0.700 bits per heavy atom. The van der Waals surface area contributed by atoms with Crippen LogP contribution in [-0.4, -0.2) is 0 Å². The molecule has 0 N–H and O–H groups in total. The van der Waals surface area contributed by atoms with Crippen LogP contribution in [0.4, 0.5) is 17.6 Å². The first-order chi connectivity index (χ1) is 9.59. The first-order valence-electron chi connectivity index (χ1n) is 5.91. The van der Waals surface area contributed by atoms with Gasteiger partial charge in [0.25, 0.3) is 0 Å². The normalized spacial score (nSPS) is 12.0. The van der Waals surface area contributed by atoms with Gasteiger partial charge in [-0.05, 0) is 10.8 Å². The maximum Gasteiger partial charge on any atom is 0.170 e. The van der Waals surface area contributed by atoms with E-state index in [1.54, 1.807) is 18.2 Å². The van der Waals surface area contributed by atoms with Gasteiger partial charge in [0.05, 0.1) is 5.39 Å². The van der Waals surface area contributed by atoms with Crippen LogP contribution in [0.15, 0.2) is 30.3 Å². The third-order valence-electron chi connectivity index (χ3n) is 3.60. The first-order valence-corrected chi connectivity index (χ1v) is 5.91. The third kappa shape index (κ3) is 1.21. The second-order valence-electron chi connectivity index (χ2n) is 4.65. The minimum Gasteiger partial charge on any atom is -0.203 e. The number of rotatable bonds is 0.